The molecular formula is C16H17NO2S. The van der Waals surface area contributed by atoms with E-state index in [1.807, 2.05) is 12.1 Å². The van der Waals surface area contributed by atoms with E-state index in [1.165, 1.54) is 10.4 Å². The highest BCUT2D eigenvalue weighted by Gasteiger charge is 2.16. The Bertz CT molecular complexity index is 605. The van der Waals surface area contributed by atoms with Gasteiger partial charge in [0.2, 0.25) is 0 Å². The summed E-state index contributed by atoms with van der Waals surface area (Å²) in [5, 5.41) is 14.6. The molecule has 3 rings (SSSR count). The van der Waals surface area contributed by atoms with E-state index in [9.17, 15) is 0 Å². The summed E-state index contributed by atoms with van der Waals surface area (Å²) in [5.41, 5.74) is 3.05. The van der Waals surface area contributed by atoms with Crippen LogP contribution in [0.2, 0.25) is 0 Å². The highest BCUT2D eigenvalue weighted by atomic mass is 32.1. The smallest absolute Gasteiger partial charge is 0.119 e. The van der Waals surface area contributed by atoms with Crippen LogP contribution in [0.4, 0.5) is 0 Å². The van der Waals surface area contributed by atoms with E-state index in [1.54, 1.807) is 11.3 Å². The van der Waals surface area contributed by atoms with Gasteiger partial charge in [0.1, 0.15) is 5.75 Å². The van der Waals surface area contributed by atoms with Crippen molar-refractivity contribution in [2.75, 3.05) is 6.61 Å². The summed E-state index contributed by atoms with van der Waals surface area (Å²) in [7, 11) is 0. The first-order valence-corrected chi connectivity index (χ1v) is 7.74. The van der Waals surface area contributed by atoms with Crippen LogP contribution in [0.25, 0.3) is 0 Å². The number of ether oxygens (including phenoxy) is 1. The van der Waals surface area contributed by atoms with Gasteiger partial charge >= 0.3 is 0 Å². The number of hydrogen-bond acceptors (Lipinski definition) is 4. The number of nitrogens with zero attached hydrogens (tertiary/aromatic N) is 1. The van der Waals surface area contributed by atoms with Crippen LogP contribution < -0.4 is 4.74 Å². The van der Waals surface area contributed by atoms with Crippen molar-refractivity contribution in [3.8, 4) is 5.75 Å². The second-order valence-electron chi connectivity index (χ2n) is 4.90. The van der Waals surface area contributed by atoms with Crippen LogP contribution in [0.1, 0.15) is 28.8 Å². The minimum Gasteiger partial charge on any atom is -0.493 e. The molecule has 104 valence electrons. The highest BCUT2D eigenvalue weighted by molar-refractivity contribution is 7.09. The second-order valence-corrected chi connectivity index (χ2v) is 5.93. The SMILES string of the molecule is O/N=C1/CCCc2ccc(OCCc3cccs3)cc21. The van der Waals surface area contributed by atoms with Crippen LogP contribution in [-0.2, 0) is 12.8 Å². The molecule has 0 bridgehead atoms. The Morgan fingerprint density at radius 1 is 1.25 bits per heavy atom. The van der Waals surface area contributed by atoms with Gasteiger partial charge in [0, 0.05) is 16.9 Å². The van der Waals surface area contributed by atoms with E-state index >= 15 is 0 Å². The van der Waals surface area contributed by atoms with Gasteiger partial charge in [-0.25, -0.2) is 0 Å². The Morgan fingerprint density at radius 3 is 3.00 bits per heavy atom. The predicted molar refractivity (Wildman–Crippen MR) is 81.2 cm³/mol. The first-order chi connectivity index (χ1) is 9.86. The number of benzene rings is 1. The van der Waals surface area contributed by atoms with Crippen molar-refractivity contribution in [2.45, 2.75) is 25.7 Å². The highest BCUT2D eigenvalue weighted by Crippen LogP contribution is 2.26. The van der Waals surface area contributed by atoms with E-state index in [4.69, 9.17) is 9.94 Å². The third-order valence-electron chi connectivity index (χ3n) is 3.57. The average molecular weight is 287 g/mol. The quantitative estimate of drug-likeness (QED) is 0.685. The fraction of sp³-hybridized carbons (Fsp3) is 0.312. The molecule has 0 fully saturated rings. The molecule has 2 aromatic rings. The zero-order valence-corrected chi connectivity index (χ0v) is 12.0. The van der Waals surface area contributed by atoms with Crippen molar-refractivity contribution in [3.63, 3.8) is 0 Å². The zero-order valence-electron chi connectivity index (χ0n) is 11.2. The monoisotopic (exact) mass is 287 g/mol. The molecule has 1 aliphatic rings. The van der Waals surface area contributed by atoms with E-state index in [0.717, 1.165) is 42.7 Å². The van der Waals surface area contributed by atoms with Crippen molar-refractivity contribution in [2.24, 2.45) is 5.16 Å². The summed E-state index contributed by atoms with van der Waals surface area (Å²) in [6.45, 7) is 0.672. The number of aryl methyl sites for hydroxylation is 1. The summed E-state index contributed by atoms with van der Waals surface area (Å²) in [6, 6.07) is 10.3. The normalized spacial score (nSPS) is 16.1. The van der Waals surface area contributed by atoms with Crippen LogP contribution in [0.3, 0.4) is 0 Å². The van der Waals surface area contributed by atoms with Crippen LogP contribution in [-0.4, -0.2) is 17.5 Å². The number of hydrogen-bond donors (Lipinski definition) is 1. The lowest BCUT2D eigenvalue weighted by molar-refractivity contribution is 0.316. The van der Waals surface area contributed by atoms with Crippen LogP contribution in [0.15, 0.2) is 40.9 Å². The van der Waals surface area contributed by atoms with Crippen molar-refractivity contribution in [1.29, 1.82) is 0 Å². The third kappa shape index (κ3) is 2.85. The van der Waals surface area contributed by atoms with Gasteiger partial charge in [-0.2, -0.15) is 0 Å². The molecule has 1 aromatic heterocycles. The van der Waals surface area contributed by atoms with Gasteiger partial charge in [0.05, 0.1) is 12.3 Å². The molecule has 0 aliphatic heterocycles. The van der Waals surface area contributed by atoms with Gasteiger partial charge in [-0.3, -0.25) is 0 Å². The van der Waals surface area contributed by atoms with Crippen molar-refractivity contribution in [1.82, 2.24) is 0 Å². The number of oxime groups is 1. The minimum absolute atomic E-state index is 0.672. The Hall–Kier alpha value is -1.81. The summed E-state index contributed by atoms with van der Waals surface area (Å²) in [6.07, 6.45) is 3.85. The van der Waals surface area contributed by atoms with Crippen LogP contribution in [0.5, 0.6) is 5.75 Å². The molecule has 0 amide bonds. The maximum Gasteiger partial charge on any atom is 0.119 e. The lowest BCUT2D eigenvalue weighted by atomic mass is 9.90. The largest absolute Gasteiger partial charge is 0.493 e. The Kier molecular flexibility index (Phi) is 4.02. The van der Waals surface area contributed by atoms with Gasteiger partial charge in [0.15, 0.2) is 0 Å². The van der Waals surface area contributed by atoms with Gasteiger partial charge in [0.25, 0.3) is 0 Å². The van der Waals surface area contributed by atoms with E-state index in [0.29, 0.717) is 6.61 Å². The maximum atomic E-state index is 9.08. The maximum absolute atomic E-state index is 9.08. The summed E-state index contributed by atoms with van der Waals surface area (Å²) in [4.78, 5) is 1.33. The number of rotatable bonds is 4. The molecule has 3 nitrogen and oxygen atoms in total. The minimum atomic E-state index is 0.672. The first-order valence-electron chi connectivity index (χ1n) is 6.86. The fourth-order valence-electron chi connectivity index (χ4n) is 2.54. The molecule has 20 heavy (non-hydrogen) atoms. The summed E-state index contributed by atoms with van der Waals surface area (Å²) in [5.74, 6) is 0.850. The number of thiophene rings is 1. The van der Waals surface area contributed by atoms with Gasteiger partial charge in [-0.15, -0.1) is 11.3 Å². The Balaban J connectivity index is 1.68. The molecule has 0 atom stereocenters. The predicted octanol–water partition coefficient (Wildman–Crippen LogP) is 3.88. The Morgan fingerprint density at radius 2 is 2.20 bits per heavy atom. The molecule has 0 unspecified atom stereocenters. The molecule has 0 saturated heterocycles. The molecule has 0 saturated carbocycles. The average Bonchev–Trinajstić information content (AvgIpc) is 3.00. The molecular weight excluding hydrogens is 270 g/mol. The van der Waals surface area contributed by atoms with Gasteiger partial charge in [-0.05, 0) is 48.4 Å². The van der Waals surface area contributed by atoms with E-state index in [2.05, 4.69) is 28.7 Å². The number of fused-ring (bicyclic) bond motifs is 1. The lowest BCUT2D eigenvalue weighted by Crippen LogP contribution is -2.12. The zero-order chi connectivity index (χ0) is 13.8. The van der Waals surface area contributed by atoms with Crippen molar-refractivity contribution < 1.29 is 9.94 Å². The molecule has 1 N–H and O–H groups in total. The summed E-state index contributed by atoms with van der Waals surface area (Å²) < 4.78 is 5.81. The molecule has 0 radical (unpaired) electrons. The van der Waals surface area contributed by atoms with Crippen LogP contribution >= 0.6 is 11.3 Å². The van der Waals surface area contributed by atoms with Crippen molar-refractivity contribution in [3.05, 3.63) is 51.7 Å². The molecule has 1 aromatic carbocycles. The lowest BCUT2D eigenvalue weighted by Gasteiger charge is -2.17. The molecule has 1 heterocycles. The van der Waals surface area contributed by atoms with E-state index < -0.39 is 0 Å². The standard InChI is InChI=1S/C16H17NO2S/c18-17-16-5-1-3-12-6-7-13(11-15(12)16)19-9-8-14-4-2-10-20-14/h2,4,6-7,10-11,18H,1,3,5,8-9H2/b17-16-. The third-order valence-corrected chi connectivity index (χ3v) is 4.51. The fourth-order valence-corrected chi connectivity index (χ4v) is 3.23. The van der Waals surface area contributed by atoms with Gasteiger partial charge in [-0.1, -0.05) is 17.3 Å². The molecule has 1 aliphatic carbocycles. The topological polar surface area (TPSA) is 41.8 Å². The van der Waals surface area contributed by atoms with Crippen LogP contribution in [0, 0.1) is 0 Å². The first kappa shape index (κ1) is 13.2. The van der Waals surface area contributed by atoms with Crippen molar-refractivity contribution >= 4 is 17.0 Å². The van der Waals surface area contributed by atoms with Gasteiger partial charge < -0.3 is 9.94 Å². The second kappa shape index (κ2) is 6.09. The molecule has 4 heteroatoms. The summed E-state index contributed by atoms with van der Waals surface area (Å²) >= 11 is 1.75. The van der Waals surface area contributed by atoms with E-state index in [-0.39, 0.29) is 0 Å². The Labute approximate surface area is 122 Å². The molecule has 0 spiro atoms.